The Morgan fingerprint density at radius 3 is 2.59 bits per heavy atom. The Balaban J connectivity index is 1.51. The number of aromatic amines is 1. The number of halogens is 1. The van der Waals surface area contributed by atoms with Crippen LogP contribution in [-0.2, 0) is 0 Å². The van der Waals surface area contributed by atoms with Crippen molar-refractivity contribution < 1.29 is 9.50 Å². The second kappa shape index (κ2) is 7.32. The maximum atomic E-state index is 13.1. The van der Waals surface area contributed by atoms with Crippen LogP contribution in [-0.4, -0.2) is 31.9 Å². The molecule has 7 nitrogen and oxygen atoms in total. The van der Waals surface area contributed by atoms with Gasteiger partial charge in [-0.1, -0.05) is 12.1 Å². The SMILES string of the molecule is Cc1nc(Nc2cc(C3CC3)[nH]n2)cc(NC(CO)c2ccc(F)cc2)n1. The van der Waals surface area contributed by atoms with E-state index >= 15 is 0 Å². The van der Waals surface area contributed by atoms with Gasteiger partial charge in [0.2, 0.25) is 0 Å². The van der Waals surface area contributed by atoms with E-state index in [0.717, 1.165) is 11.3 Å². The molecule has 2 heterocycles. The minimum Gasteiger partial charge on any atom is -0.394 e. The monoisotopic (exact) mass is 368 g/mol. The first-order valence-corrected chi connectivity index (χ1v) is 8.91. The summed E-state index contributed by atoms with van der Waals surface area (Å²) < 4.78 is 13.1. The van der Waals surface area contributed by atoms with Gasteiger partial charge >= 0.3 is 0 Å². The van der Waals surface area contributed by atoms with Crippen LogP contribution in [0.3, 0.4) is 0 Å². The molecule has 27 heavy (non-hydrogen) atoms. The van der Waals surface area contributed by atoms with E-state index in [4.69, 9.17) is 0 Å². The Labute approximate surface area is 156 Å². The average Bonchev–Trinajstić information content (AvgIpc) is 3.40. The van der Waals surface area contributed by atoms with Gasteiger partial charge in [-0.05, 0) is 37.5 Å². The predicted octanol–water partition coefficient (Wildman–Crippen LogP) is 3.41. The number of nitrogens with one attached hydrogen (secondary N) is 3. The third-order valence-electron chi connectivity index (χ3n) is 4.49. The molecule has 1 saturated carbocycles. The maximum absolute atomic E-state index is 13.1. The van der Waals surface area contributed by atoms with Gasteiger partial charge in [-0.2, -0.15) is 5.10 Å². The molecule has 1 atom stereocenters. The molecule has 0 radical (unpaired) electrons. The molecular formula is C19H21FN6O. The summed E-state index contributed by atoms with van der Waals surface area (Å²) in [5, 5.41) is 23.4. The van der Waals surface area contributed by atoms with Crippen LogP contribution in [0, 0.1) is 12.7 Å². The second-order valence-electron chi connectivity index (χ2n) is 6.72. The molecule has 1 aliphatic carbocycles. The van der Waals surface area contributed by atoms with E-state index in [1.54, 1.807) is 25.1 Å². The number of H-pyrrole nitrogens is 1. The van der Waals surface area contributed by atoms with Gasteiger partial charge < -0.3 is 15.7 Å². The van der Waals surface area contributed by atoms with Crippen molar-refractivity contribution in [2.75, 3.05) is 17.2 Å². The highest BCUT2D eigenvalue weighted by Gasteiger charge is 2.25. The molecule has 2 aromatic heterocycles. The molecule has 3 aromatic rings. The van der Waals surface area contributed by atoms with Gasteiger partial charge in [0.25, 0.3) is 0 Å². The Morgan fingerprint density at radius 2 is 1.89 bits per heavy atom. The van der Waals surface area contributed by atoms with Gasteiger partial charge in [-0.15, -0.1) is 0 Å². The number of hydrogen-bond donors (Lipinski definition) is 4. The fourth-order valence-corrected chi connectivity index (χ4v) is 2.95. The lowest BCUT2D eigenvalue weighted by molar-refractivity contribution is 0.276. The molecule has 8 heteroatoms. The number of aryl methyl sites for hydroxylation is 1. The highest BCUT2D eigenvalue weighted by molar-refractivity contribution is 5.57. The van der Waals surface area contributed by atoms with Gasteiger partial charge in [0.05, 0.1) is 12.6 Å². The fraction of sp³-hybridized carbons (Fsp3) is 0.316. The third-order valence-corrected chi connectivity index (χ3v) is 4.49. The summed E-state index contributed by atoms with van der Waals surface area (Å²) in [4.78, 5) is 8.76. The molecule has 1 aromatic carbocycles. The van der Waals surface area contributed by atoms with E-state index in [-0.39, 0.29) is 12.4 Å². The number of rotatable bonds is 7. The van der Waals surface area contributed by atoms with E-state index < -0.39 is 6.04 Å². The summed E-state index contributed by atoms with van der Waals surface area (Å²) >= 11 is 0. The van der Waals surface area contributed by atoms with Crippen molar-refractivity contribution in [2.45, 2.75) is 31.7 Å². The van der Waals surface area contributed by atoms with E-state index in [9.17, 15) is 9.50 Å². The lowest BCUT2D eigenvalue weighted by Crippen LogP contribution is -2.16. The summed E-state index contributed by atoms with van der Waals surface area (Å²) in [6.07, 6.45) is 2.41. The Bertz CT molecular complexity index is 922. The maximum Gasteiger partial charge on any atom is 0.153 e. The molecule has 1 aliphatic rings. The Hall–Kier alpha value is -3.00. The van der Waals surface area contributed by atoms with Gasteiger partial charge in [0.1, 0.15) is 23.3 Å². The highest BCUT2D eigenvalue weighted by Crippen LogP contribution is 2.39. The van der Waals surface area contributed by atoms with E-state index in [0.29, 0.717) is 29.2 Å². The number of aromatic nitrogens is 4. The summed E-state index contributed by atoms with van der Waals surface area (Å²) in [6.45, 7) is 1.64. The van der Waals surface area contributed by atoms with Crippen LogP contribution in [0.2, 0.25) is 0 Å². The lowest BCUT2D eigenvalue weighted by Gasteiger charge is -2.18. The zero-order chi connectivity index (χ0) is 18.8. The summed E-state index contributed by atoms with van der Waals surface area (Å²) in [6, 6.07) is 9.36. The molecule has 0 spiro atoms. The average molecular weight is 368 g/mol. The number of nitrogens with zero attached hydrogens (tertiary/aromatic N) is 3. The zero-order valence-corrected chi connectivity index (χ0v) is 14.9. The van der Waals surface area contributed by atoms with Crippen molar-refractivity contribution in [2.24, 2.45) is 0 Å². The molecular weight excluding hydrogens is 347 g/mol. The largest absolute Gasteiger partial charge is 0.394 e. The molecule has 0 amide bonds. The number of anilines is 3. The third kappa shape index (κ3) is 4.22. The van der Waals surface area contributed by atoms with Crippen molar-refractivity contribution in [1.82, 2.24) is 20.2 Å². The van der Waals surface area contributed by atoms with Gasteiger partial charge in [-0.3, -0.25) is 5.10 Å². The van der Waals surface area contributed by atoms with Crippen molar-refractivity contribution in [3.05, 3.63) is 59.3 Å². The molecule has 0 saturated heterocycles. The Morgan fingerprint density at radius 1 is 1.15 bits per heavy atom. The van der Waals surface area contributed by atoms with Crippen molar-refractivity contribution >= 4 is 17.5 Å². The van der Waals surface area contributed by atoms with Crippen LogP contribution in [0.5, 0.6) is 0 Å². The summed E-state index contributed by atoms with van der Waals surface area (Å²) in [5.41, 5.74) is 1.91. The zero-order valence-electron chi connectivity index (χ0n) is 14.9. The van der Waals surface area contributed by atoms with Crippen molar-refractivity contribution in [3.63, 3.8) is 0 Å². The first-order chi connectivity index (χ1) is 13.1. The van der Waals surface area contributed by atoms with E-state index in [2.05, 4.69) is 30.8 Å². The molecule has 0 aliphatic heterocycles. The van der Waals surface area contributed by atoms with Crippen LogP contribution in [0.1, 0.15) is 41.9 Å². The minimum absolute atomic E-state index is 0.151. The second-order valence-corrected chi connectivity index (χ2v) is 6.72. The quantitative estimate of drug-likeness (QED) is 0.510. The van der Waals surface area contributed by atoms with Gasteiger partial charge in [-0.25, -0.2) is 14.4 Å². The summed E-state index contributed by atoms with van der Waals surface area (Å²) in [5.74, 6) is 2.73. The first-order valence-electron chi connectivity index (χ1n) is 8.91. The van der Waals surface area contributed by atoms with E-state index in [1.165, 1.54) is 25.0 Å². The minimum atomic E-state index is -0.403. The fourth-order valence-electron chi connectivity index (χ4n) is 2.95. The van der Waals surface area contributed by atoms with Gasteiger partial charge in [0, 0.05) is 23.7 Å². The molecule has 4 N–H and O–H groups in total. The molecule has 1 fully saturated rings. The topological polar surface area (TPSA) is 98.8 Å². The number of benzene rings is 1. The highest BCUT2D eigenvalue weighted by atomic mass is 19.1. The normalized spacial score (nSPS) is 14.8. The smallest absolute Gasteiger partial charge is 0.153 e. The van der Waals surface area contributed by atoms with Crippen molar-refractivity contribution in [1.29, 1.82) is 0 Å². The van der Waals surface area contributed by atoms with Crippen LogP contribution in [0.25, 0.3) is 0 Å². The standard InChI is InChI=1S/C19H21FN6O/c1-11-21-17(23-16(10-27)13-4-6-14(20)7-5-13)9-18(22-11)24-19-8-15(25-26-19)12-2-3-12/h4-9,12,16,27H,2-3,10H2,1H3,(H3,21,22,23,24,25,26). The predicted molar refractivity (Wildman–Crippen MR) is 100 cm³/mol. The number of aliphatic hydroxyl groups is 1. The number of hydrogen-bond acceptors (Lipinski definition) is 6. The molecule has 0 bridgehead atoms. The molecule has 1 unspecified atom stereocenters. The van der Waals surface area contributed by atoms with E-state index in [1.807, 2.05) is 6.07 Å². The molecule has 140 valence electrons. The first kappa shape index (κ1) is 17.4. The molecule has 4 rings (SSSR count). The van der Waals surface area contributed by atoms with Crippen LogP contribution < -0.4 is 10.6 Å². The van der Waals surface area contributed by atoms with Gasteiger partial charge in [0.15, 0.2) is 5.82 Å². The van der Waals surface area contributed by atoms with Crippen molar-refractivity contribution in [3.8, 4) is 0 Å². The lowest BCUT2D eigenvalue weighted by atomic mass is 10.1. The van der Waals surface area contributed by atoms with Crippen LogP contribution in [0.4, 0.5) is 21.8 Å². The number of aliphatic hydroxyl groups excluding tert-OH is 1. The summed E-state index contributed by atoms with van der Waals surface area (Å²) in [7, 11) is 0. The van der Waals surface area contributed by atoms with Crippen LogP contribution >= 0.6 is 0 Å². The van der Waals surface area contributed by atoms with Crippen LogP contribution in [0.15, 0.2) is 36.4 Å². The Kier molecular flexibility index (Phi) is 4.72.